The predicted octanol–water partition coefficient (Wildman–Crippen LogP) is 6.88. The molecule has 4 nitrogen and oxygen atoms in total. The number of aryl methyl sites for hydroxylation is 4. The predicted molar refractivity (Wildman–Crippen MR) is 124 cm³/mol. The van der Waals surface area contributed by atoms with Crippen molar-refractivity contribution in [2.75, 3.05) is 0 Å². The number of unbranched alkanes of at least 4 members (excludes halogenated alkanes) is 5. The Bertz CT molecular complexity index is 658. The molecule has 2 aromatic carbocycles. The zero-order valence-corrected chi connectivity index (χ0v) is 19.0. The van der Waals surface area contributed by atoms with Crippen LogP contribution in [-0.4, -0.2) is 22.2 Å². The van der Waals surface area contributed by atoms with Crippen LogP contribution in [0.3, 0.4) is 0 Å². The Balaban J connectivity index is 0.000000447. The molecule has 0 saturated carbocycles. The first kappa shape index (κ1) is 27.4. The first-order valence-electron chi connectivity index (χ1n) is 10.7. The molecule has 2 aromatic rings. The average molecular weight is 415 g/mol. The Morgan fingerprint density at radius 3 is 1.13 bits per heavy atom. The van der Waals surface area contributed by atoms with Crippen molar-refractivity contribution >= 4 is 11.9 Å². The molecule has 0 aliphatic carbocycles. The molecule has 0 unspecified atom stereocenters. The van der Waals surface area contributed by atoms with E-state index in [0.717, 1.165) is 38.5 Å². The van der Waals surface area contributed by atoms with Gasteiger partial charge in [-0.05, 0) is 51.7 Å². The summed E-state index contributed by atoms with van der Waals surface area (Å²) >= 11 is 0. The lowest BCUT2D eigenvalue weighted by molar-refractivity contribution is -0.138. The van der Waals surface area contributed by atoms with Gasteiger partial charge in [-0.2, -0.15) is 0 Å². The highest BCUT2D eigenvalue weighted by atomic mass is 16.4. The molecule has 2 N–H and O–H groups in total. The van der Waals surface area contributed by atoms with Gasteiger partial charge in [0, 0.05) is 12.8 Å². The van der Waals surface area contributed by atoms with Gasteiger partial charge in [0.05, 0.1) is 0 Å². The molecular formula is C26H38O4. The van der Waals surface area contributed by atoms with E-state index < -0.39 is 11.9 Å². The third-order valence-electron chi connectivity index (χ3n) is 4.68. The van der Waals surface area contributed by atoms with Gasteiger partial charge >= 0.3 is 11.9 Å². The summed E-state index contributed by atoms with van der Waals surface area (Å²) in [5, 5.41) is 16.7. The second-order valence-electron chi connectivity index (χ2n) is 7.65. The molecule has 0 radical (unpaired) electrons. The molecule has 0 aliphatic heterocycles. The molecule has 0 aliphatic rings. The standard InChI is InChI=1S/C10H18O4.2C8H10/c11-9(12)7-5-3-1-2-4-6-8-10(13)14;1-7-3-5-8(2)6-4-7;1-7-5-3-4-6-8(7)2/h1-8H2,(H,11,12)(H,13,14);2*3-6H,1-2H3. The van der Waals surface area contributed by atoms with Crippen molar-refractivity contribution in [3.05, 3.63) is 70.8 Å². The van der Waals surface area contributed by atoms with Gasteiger partial charge in [0.2, 0.25) is 0 Å². The Hall–Kier alpha value is -2.62. The lowest BCUT2D eigenvalue weighted by Gasteiger charge is -1.98. The lowest BCUT2D eigenvalue weighted by Crippen LogP contribution is -1.94. The van der Waals surface area contributed by atoms with Crippen molar-refractivity contribution in [1.29, 1.82) is 0 Å². The monoisotopic (exact) mass is 414 g/mol. The van der Waals surface area contributed by atoms with Gasteiger partial charge in [0.15, 0.2) is 0 Å². The zero-order chi connectivity index (χ0) is 22.8. The fourth-order valence-corrected chi connectivity index (χ4v) is 2.56. The third-order valence-corrected chi connectivity index (χ3v) is 4.68. The summed E-state index contributed by atoms with van der Waals surface area (Å²) in [4.78, 5) is 20.3. The molecular weight excluding hydrogens is 376 g/mol. The van der Waals surface area contributed by atoms with Crippen LogP contribution in [0.4, 0.5) is 0 Å². The fourth-order valence-electron chi connectivity index (χ4n) is 2.56. The smallest absolute Gasteiger partial charge is 0.303 e. The molecule has 0 aromatic heterocycles. The number of carbonyl (C=O) groups is 2. The second kappa shape index (κ2) is 17.3. The summed E-state index contributed by atoms with van der Waals surface area (Å²) in [6.45, 7) is 8.43. The Morgan fingerprint density at radius 2 is 0.867 bits per heavy atom. The van der Waals surface area contributed by atoms with Gasteiger partial charge in [-0.15, -0.1) is 0 Å². The van der Waals surface area contributed by atoms with E-state index in [4.69, 9.17) is 10.2 Å². The maximum atomic E-state index is 10.1. The maximum absolute atomic E-state index is 10.1. The maximum Gasteiger partial charge on any atom is 0.303 e. The molecule has 0 bridgehead atoms. The number of hydrogen-bond acceptors (Lipinski definition) is 2. The van der Waals surface area contributed by atoms with Crippen LogP contribution in [0.5, 0.6) is 0 Å². The largest absolute Gasteiger partial charge is 0.481 e. The zero-order valence-electron chi connectivity index (χ0n) is 19.0. The van der Waals surface area contributed by atoms with E-state index in [2.05, 4.69) is 76.2 Å². The lowest BCUT2D eigenvalue weighted by atomic mass is 10.1. The Labute approximate surface area is 182 Å². The van der Waals surface area contributed by atoms with Crippen LogP contribution in [0.25, 0.3) is 0 Å². The van der Waals surface area contributed by atoms with Crippen LogP contribution in [0.15, 0.2) is 48.5 Å². The molecule has 166 valence electrons. The van der Waals surface area contributed by atoms with E-state index in [1.165, 1.54) is 22.3 Å². The van der Waals surface area contributed by atoms with Gasteiger partial charge in [-0.1, -0.05) is 85.3 Å². The van der Waals surface area contributed by atoms with E-state index in [1.807, 2.05) is 0 Å². The molecule has 0 amide bonds. The summed E-state index contributed by atoms with van der Waals surface area (Å²) in [6, 6.07) is 16.8. The van der Waals surface area contributed by atoms with Crippen molar-refractivity contribution < 1.29 is 19.8 Å². The summed E-state index contributed by atoms with van der Waals surface area (Å²) in [5.74, 6) is -1.48. The van der Waals surface area contributed by atoms with Gasteiger partial charge in [-0.3, -0.25) is 9.59 Å². The van der Waals surface area contributed by atoms with E-state index >= 15 is 0 Å². The first-order valence-corrected chi connectivity index (χ1v) is 10.7. The van der Waals surface area contributed by atoms with Crippen molar-refractivity contribution in [2.24, 2.45) is 0 Å². The van der Waals surface area contributed by atoms with Crippen LogP contribution >= 0.6 is 0 Å². The van der Waals surface area contributed by atoms with Crippen LogP contribution in [0.1, 0.15) is 73.6 Å². The van der Waals surface area contributed by atoms with E-state index in [0.29, 0.717) is 0 Å². The number of benzene rings is 2. The fraction of sp³-hybridized carbons (Fsp3) is 0.462. The Morgan fingerprint density at radius 1 is 0.567 bits per heavy atom. The van der Waals surface area contributed by atoms with E-state index in [-0.39, 0.29) is 12.8 Å². The molecule has 30 heavy (non-hydrogen) atoms. The minimum absolute atomic E-state index is 0.245. The minimum atomic E-state index is -0.740. The van der Waals surface area contributed by atoms with Crippen molar-refractivity contribution in [3.8, 4) is 0 Å². The van der Waals surface area contributed by atoms with Crippen LogP contribution in [-0.2, 0) is 9.59 Å². The van der Waals surface area contributed by atoms with Gasteiger partial charge in [-0.25, -0.2) is 0 Å². The molecule has 0 fully saturated rings. The molecule has 0 heterocycles. The Kier molecular flexibility index (Phi) is 15.7. The normalized spacial score (nSPS) is 9.60. The summed E-state index contributed by atoms with van der Waals surface area (Å²) in [7, 11) is 0. The van der Waals surface area contributed by atoms with Gasteiger partial charge < -0.3 is 10.2 Å². The number of carboxylic acid groups (broad SMARTS) is 2. The minimum Gasteiger partial charge on any atom is -0.481 e. The molecule has 0 spiro atoms. The molecule has 2 rings (SSSR count). The topological polar surface area (TPSA) is 74.6 Å². The van der Waals surface area contributed by atoms with Crippen LogP contribution < -0.4 is 0 Å². The first-order chi connectivity index (χ1) is 14.2. The van der Waals surface area contributed by atoms with Gasteiger partial charge in [0.1, 0.15) is 0 Å². The van der Waals surface area contributed by atoms with E-state index in [9.17, 15) is 9.59 Å². The van der Waals surface area contributed by atoms with Crippen LogP contribution in [0.2, 0.25) is 0 Å². The number of rotatable bonds is 9. The second-order valence-corrected chi connectivity index (χ2v) is 7.65. The van der Waals surface area contributed by atoms with Crippen LogP contribution in [0, 0.1) is 27.7 Å². The number of hydrogen-bond donors (Lipinski definition) is 2. The van der Waals surface area contributed by atoms with Crippen molar-refractivity contribution in [3.63, 3.8) is 0 Å². The summed E-state index contributed by atoms with van der Waals surface area (Å²) in [6.07, 6.45) is 5.82. The summed E-state index contributed by atoms with van der Waals surface area (Å²) in [5.41, 5.74) is 5.39. The average Bonchev–Trinajstić information content (AvgIpc) is 2.69. The summed E-state index contributed by atoms with van der Waals surface area (Å²) < 4.78 is 0. The van der Waals surface area contributed by atoms with E-state index in [1.54, 1.807) is 0 Å². The quantitative estimate of drug-likeness (QED) is 0.438. The van der Waals surface area contributed by atoms with Gasteiger partial charge in [0.25, 0.3) is 0 Å². The van der Waals surface area contributed by atoms with Crippen molar-refractivity contribution in [2.45, 2.75) is 79.1 Å². The van der Waals surface area contributed by atoms with Crippen molar-refractivity contribution in [1.82, 2.24) is 0 Å². The highest BCUT2D eigenvalue weighted by Crippen LogP contribution is 2.08. The highest BCUT2D eigenvalue weighted by Gasteiger charge is 1.98. The number of aliphatic carboxylic acids is 2. The third kappa shape index (κ3) is 17.5. The SMILES string of the molecule is Cc1ccc(C)cc1.Cc1ccccc1C.O=C(O)CCCCCCCCC(=O)O. The highest BCUT2D eigenvalue weighted by molar-refractivity contribution is 5.66. The number of carboxylic acids is 2. The molecule has 0 atom stereocenters. The molecule has 4 heteroatoms. The molecule has 0 saturated heterocycles.